The van der Waals surface area contributed by atoms with E-state index in [4.69, 9.17) is 4.74 Å². The molecule has 6 nitrogen and oxygen atoms in total. The van der Waals surface area contributed by atoms with Crippen LogP contribution in [0.3, 0.4) is 0 Å². The van der Waals surface area contributed by atoms with Gasteiger partial charge in [-0.05, 0) is 26.8 Å². The van der Waals surface area contributed by atoms with Gasteiger partial charge in [0.25, 0.3) is 5.88 Å². The Balaban J connectivity index is 2.43. The Labute approximate surface area is 97.9 Å². The summed E-state index contributed by atoms with van der Waals surface area (Å²) in [6.45, 7) is 5.31. The van der Waals surface area contributed by atoms with Crippen molar-refractivity contribution in [2.24, 2.45) is 0 Å². The van der Waals surface area contributed by atoms with Gasteiger partial charge in [-0.1, -0.05) is 0 Å². The molecule has 2 aromatic rings. The second-order valence-electron chi connectivity index (χ2n) is 4.58. The third kappa shape index (κ3) is 2.20. The van der Waals surface area contributed by atoms with E-state index in [2.05, 4.69) is 9.97 Å². The summed E-state index contributed by atoms with van der Waals surface area (Å²) in [4.78, 5) is 19.3. The third-order valence-corrected chi connectivity index (χ3v) is 2.03. The van der Waals surface area contributed by atoms with Crippen molar-refractivity contribution in [3.05, 3.63) is 18.6 Å². The van der Waals surface area contributed by atoms with Gasteiger partial charge in [-0.3, -0.25) is 5.11 Å². The minimum absolute atomic E-state index is 0.263. The molecule has 0 aliphatic heterocycles. The van der Waals surface area contributed by atoms with Crippen molar-refractivity contribution in [2.45, 2.75) is 26.4 Å². The van der Waals surface area contributed by atoms with Gasteiger partial charge in [-0.2, -0.15) is 4.98 Å². The number of fused-ring (bicyclic) bond motifs is 1. The SMILES string of the molecule is CC(C)(C)OC(=O)n1ccc2c([O])ncnc21. The summed E-state index contributed by atoms with van der Waals surface area (Å²) in [5.41, 5.74) is -0.333. The predicted molar refractivity (Wildman–Crippen MR) is 59.3 cm³/mol. The maximum Gasteiger partial charge on any atom is 0.420 e. The monoisotopic (exact) mass is 234 g/mol. The predicted octanol–water partition coefficient (Wildman–Crippen LogP) is 2.36. The summed E-state index contributed by atoms with van der Waals surface area (Å²) in [6.07, 6.45) is 2.02. The van der Waals surface area contributed by atoms with Gasteiger partial charge in [0.15, 0.2) is 5.65 Å². The fourth-order valence-corrected chi connectivity index (χ4v) is 1.39. The number of aromatic nitrogens is 3. The first-order valence-corrected chi connectivity index (χ1v) is 5.11. The molecule has 0 fully saturated rings. The molecular weight excluding hydrogens is 222 g/mol. The quantitative estimate of drug-likeness (QED) is 0.701. The average molecular weight is 234 g/mol. The number of rotatable bonds is 0. The van der Waals surface area contributed by atoms with E-state index < -0.39 is 17.6 Å². The van der Waals surface area contributed by atoms with Crippen LogP contribution in [0.1, 0.15) is 20.8 Å². The summed E-state index contributed by atoms with van der Waals surface area (Å²) < 4.78 is 6.39. The first-order chi connectivity index (χ1) is 7.88. The van der Waals surface area contributed by atoms with Crippen molar-refractivity contribution in [2.75, 3.05) is 0 Å². The first-order valence-electron chi connectivity index (χ1n) is 5.11. The van der Waals surface area contributed by atoms with Crippen LogP contribution < -0.4 is 0 Å². The lowest BCUT2D eigenvalue weighted by Crippen LogP contribution is -2.26. The van der Waals surface area contributed by atoms with Gasteiger partial charge in [0.2, 0.25) is 0 Å². The summed E-state index contributed by atoms with van der Waals surface area (Å²) in [6, 6.07) is 1.50. The van der Waals surface area contributed by atoms with Crippen molar-refractivity contribution in [1.29, 1.82) is 0 Å². The number of carbonyl (C=O) groups excluding carboxylic acids is 1. The summed E-state index contributed by atoms with van der Waals surface area (Å²) in [5, 5.41) is 11.7. The van der Waals surface area contributed by atoms with Gasteiger partial charge >= 0.3 is 6.09 Å². The Hall–Kier alpha value is -2.11. The van der Waals surface area contributed by atoms with E-state index in [1.807, 2.05) is 0 Å². The number of ether oxygens (including phenoxy) is 1. The van der Waals surface area contributed by atoms with Crippen molar-refractivity contribution in [3.63, 3.8) is 0 Å². The van der Waals surface area contributed by atoms with Crippen LogP contribution in [-0.2, 0) is 9.84 Å². The molecule has 0 aliphatic rings. The smallest absolute Gasteiger partial charge is 0.420 e. The van der Waals surface area contributed by atoms with Crippen molar-refractivity contribution in [1.82, 2.24) is 14.5 Å². The summed E-state index contributed by atoms with van der Waals surface area (Å²) >= 11 is 0. The van der Waals surface area contributed by atoms with E-state index in [1.165, 1.54) is 16.8 Å². The number of nitrogens with zero attached hydrogens (tertiary/aromatic N) is 3. The fraction of sp³-hybridized carbons (Fsp3) is 0.364. The average Bonchev–Trinajstić information content (AvgIpc) is 2.60. The van der Waals surface area contributed by atoms with Crippen molar-refractivity contribution >= 4 is 17.1 Å². The minimum Gasteiger partial charge on any atom is -0.443 e. The highest BCUT2D eigenvalue weighted by atomic mass is 16.6. The molecule has 0 amide bonds. The molecule has 0 N–H and O–H groups in total. The largest absolute Gasteiger partial charge is 0.443 e. The summed E-state index contributed by atoms with van der Waals surface area (Å²) in [7, 11) is 0. The molecule has 2 heterocycles. The maximum atomic E-state index is 11.8. The Bertz CT molecular complexity index is 569. The molecule has 2 rings (SSSR count). The van der Waals surface area contributed by atoms with Gasteiger partial charge < -0.3 is 4.74 Å². The van der Waals surface area contributed by atoms with E-state index in [0.29, 0.717) is 5.39 Å². The minimum atomic E-state index is -0.596. The molecule has 0 saturated heterocycles. The summed E-state index contributed by atoms with van der Waals surface area (Å²) in [5.74, 6) is -0.405. The van der Waals surface area contributed by atoms with Gasteiger partial charge in [0.05, 0.1) is 5.39 Å². The molecular formula is C11H12N3O3. The Morgan fingerprint density at radius 1 is 1.35 bits per heavy atom. The Kier molecular flexibility index (Phi) is 2.49. The van der Waals surface area contributed by atoms with Crippen LogP contribution in [0.2, 0.25) is 0 Å². The normalized spacial score (nSPS) is 11.7. The van der Waals surface area contributed by atoms with E-state index >= 15 is 0 Å². The van der Waals surface area contributed by atoms with Crippen LogP contribution in [0.15, 0.2) is 18.6 Å². The van der Waals surface area contributed by atoms with Crippen LogP contribution in [0, 0.1) is 0 Å². The van der Waals surface area contributed by atoms with Crippen molar-refractivity contribution in [3.8, 4) is 5.88 Å². The zero-order valence-electron chi connectivity index (χ0n) is 9.80. The molecule has 0 aromatic carbocycles. The second-order valence-corrected chi connectivity index (χ2v) is 4.58. The standard InChI is InChI=1S/C11H12N3O3/c1-11(2,3)17-10(16)14-5-4-7-8(14)12-6-13-9(7)15/h4-6H,1-3H3. The third-order valence-electron chi connectivity index (χ3n) is 2.03. The zero-order valence-corrected chi connectivity index (χ0v) is 9.80. The van der Waals surface area contributed by atoms with Crippen LogP contribution in [0.25, 0.3) is 11.0 Å². The lowest BCUT2D eigenvalue weighted by Gasteiger charge is -2.19. The highest BCUT2D eigenvalue weighted by molar-refractivity contribution is 5.89. The first kappa shape index (κ1) is 11.4. The van der Waals surface area contributed by atoms with Crippen LogP contribution in [-0.4, -0.2) is 26.2 Å². The fourth-order valence-electron chi connectivity index (χ4n) is 1.39. The van der Waals surface area contributed by atoms with E-state index in [9.17, 15) is 9.90 Å². The molecule has 17 heavy (non-hydrogen) atoms. The van der Waals surface area contributed by atoms with E-state index in [1.54, 1.807) is 20.8 Å². The van der Waals surface area contributed by atoms with Gasteiger partial charge in [0, 0.05) is 6.20 Å². The second kappa shape index (κ2) is 3.73. The molecule has 6 heteroatoms. The molecule has 89 valence electrons. The Morgan fingerprint density at radius 2 is 2.06 bits per heavy atom. The molecule has 2 aromatic heterocycles. The Morgan fingerprint density at radius 3 is 2.71 bits per heavy atom. The maximum absolute atomic E-state index is 11.8. The zero-order chi connectivity index (χ0) is 12.6. The van der Waals surface area contributed by atoms with Gasteiger partial charge in [-0.25, -0.2) is 14.3 Å². The topological polar surface area (TPSA) is 76.9 Å². The molecule has 0 bridgehead atoms. The van der Waals surface area contributed by atoms with Crippen molar-refractivity contribution < 1.29 is 14.6 Å². The number of hydrogen-bond acceptors (Lipinski definition) is 4. The van der Waals surface area contributed by atoms with Crippen LogP contribution >= 0.6 is 0 Å². The lowest BCUT2D eigenvalue weighted by molar-refractivity contribution is 0.0543. The van der Waals surface area contributed by atoms with Crippen LogP contribution in [0.5, 0.6) is 5.88 Å². The highest BCUT2D eigenvalue weighted by Gasteiger charge is 2.20. The molecule has 0 unspecified atom stereocenters. The molecule has 0 aliphatic carbocycles. The molecule has 0 atom stereocenters. The van der Waals surface area contributed by atoms with E-state index in [0.717, 1.165) is 6.33 Å². The van der Waals surface area contributed by atoms with Gasteiger partial charge in [-0.15, -0.1) is 0 Å². The van der Waals surface area contributed by atoms with Gasteiger partial charge in [0.1, 0.15) is 11.9 Å². The molecule has 0 saturated carbocycles. The van der Waals surface area contributed by atoms with Crippen LogP contribution in [0.4, 0.5) is 4.79 Å². The lowest BCUT2D eigenvalue weighted by atomic mass is 10.2. The molecule has 0 spiro atoms. The number of carbonyl (C=O) groups is 1. The molecule has 1 radical (unpaired) electrons. The number of hydrogen-bond donors (Lipinski definition) is 0. The van der Waals surface area contributed by atoms with E-state index in [-0.39, 0.29) is 5.65 Å². The highest BCUT2D eigenvalue weighted by Crippen LogP contribution is 2.22.